The molecule has 0 aliphatic carbocycles. The van der Waals surface area contributed by atoms with Gasteiger partial charge >= 0.3 is 5.97 Å². The summed E-state index contributed by atoms with van der Waals surface area (Å²) in [6.07, 6.45) is 0.797. The lowest BCUT2D eigenvalue weighted by atomic mass is 9.85. The second-order valence-electron chi connectivity index (χ2n) is 16.2. The standard InChI is InChI=1S/C51H49FN4O7S/c52-43-26-35(28-53-30-45(58)40-17-19-44(57)48-41(40)18-21-47(59)55-48)14-16-42(43)49(60)54-29-39-15-20-46(64-39)36-10-7-13-38(27-36)51(62,37-11-5-2-6-12-37)50(61)63-32-34-22-24-56(25-23-34)31-33-8-3-1-4-9-33/h1-21,26-27,34,45,53,57-58,62H,22-25,28-32H2,(H,54,60)(H,55,59)/t45-,51-/m0/s1. The van der Waals surface area contributed by atoms with Gasteiger partial charge in [0.1, 0.15) is 11.6 Å². The molecule has 5 aromatic carbocycles. The van der Waals surface area contributed by atoms with E-state index in [1.807, 2.05) is 42.5 Å². The number of piperidine rings is 1. The highest BCUT2D eigenvalue weighted by atomic mass is 32.1. The molecule has 3 heterocycles. The van der Waals surface area contributed by atoms with E-state index in [0.29, 0.717) is 27.6 Å². The van der Waals surface area contributed by atoms with E-state index in [2.05, 4.69) is 32.7 Å². The molecule has 6 N–H and O–H groups in total. The quantitative estimate of drug-likeness (QED) is 0.0539. The number of aliphatic hydroxyl groups is 2. The molecule has 0 bridgehead atoms. The van der Waals surface area contributed by atoms with Crippen molar-refractivity contribution in [2.75, 3.05) is 26.2 Å². The van der Waals surface area contributed by atoms with E-state index in [1.54, 1.807) is 54.6 Å². The summed E-state index contributed by atoms with van der Waals surface area (Å²) < 4.78 is 21.2. The Labute approximate surface area is 373 Å². The van der Waals surface area contributed by atoms with E-state index in [1.165, 1.54) is 47.2 Å². The van der Waals surface area contributed by atoms with Gasteiger partial charge in [0.25, 0.3) is 5.91 Å². The molecule has 8 rings (SSSR count). The van der Waals surface area contributed by atoms with Gasteiger partial charge in [0.2, 0.25) is 11.2 Å². The van der Waals surface area contributed by atoms with E-state index >= 15 is 4.39 Å². The monoisotopic (exact) mass is 880 g/mol. The zero-order valence-electron chi connectivity index (χ0n) is 35.0. The minimum Gasteiger partial charge on any atom is -0.506 e. The number of aromatic nitrogens is 1. The molecule has 1 aliphatic rings. The van der Waals surface area contributed by atoms with Gasteiger partial charge in [-0.15, -0.1) is 11.3 Å². The molecule has 0 spiro atoms. The second-order valence-corrected chi connectivity index (χ2v) is 17.3. The van der Waals surface area contributed by atoms with Crippen molar-refractivity contribution in [3.8, 4) is 16.2 Å². The fourth-order valence-electron chi connectivity index (χ4n) is 8.19. The van der Waals surface area contributed by atoms with E-state index < -0.39 is 29.4 Å². The van der Waals surface area contributed by atoms with Crippen molar-refractivity contribution in [1.29, 1.82) is 0 Å². The number of hydrogen-bond donors (Lipinski definition) is 6. The average Bonchev–Trinajstić information content (AvgIpc) is 3.80. The first-order valence-corrected chi connectivity index (χ1v) is 22.1. The molecule has 13 heteroatoms. The van der Waals surface area contributed by atoms with Gasteiger partial charge < -0.3 is 35.7 Å². The molecule has 2 aromatic heterocycles. The zero-order chi connectivity index (χ0) is 44.6. The maximum Gasteiger partial charge on any atom is 0.347 e. The zero-order valence-corrected chi connectivity index (χ0v) is 35.8. The number of phenols is 1. The number of H-pyrrole nitrogens is 1. The Hall–Kier alpha value is -6.48. The van der Waals surface area contributed by atoms with E-state index in [0.717, 1.165) is 47.8 Å². The van der Waals surface area contributed by atoms with Gasteiger partial charge in [-0.05, 0) is 102 Å². The molecule has 11 nitrogen and oxygen atoms in total. The first-order chi connectivity index (χ1) is 31.0. The maximum absolute atomic E-state index is 15.2. The van der Waals surface area contributed by atoms with Crippen molar-refractivity contribution in [2.45, 2.75) is 44.2 Å². The van der Waals surface area contributed by atoms with Gasteiger partial charge in [0.15, 0.2) is 0 Å². The highest BCUT2D eigenvalue weighted by Crippen LogP contribution is 2.36. The first kappa shape index (κ1) is 44.1. The molecule has 1 aliphatic heterocycles. The number of hydrogen-bond acceptors (Lipinski definition) is 10. The van der Waals surface area contributed by atoms with Crippen molar-refractivity contribution < 1.29 is 34.0 Å². The number of likely N-dealkylation sites (tertiary alicyclic amines) is 1. The summed E-state index contributed by atoms with van der Waals surface area (Å²) in [6, 6.07) is 40.3. The summed E-state index contributed by atoms with van der Waals surface area (Å²) in [7, 11) is 0. The first-order valence-electron chi connectivity index (χ1n) is 21.3. The lowest BCUT2D eigenvalue weighted by Gasteiger charge is -2.33. The Morgan fingerprint density at radius 1 is 0.844 bits per heavy atom. The number of ether oxygens (including phenoxy) is 1. The van der Waals surface area contributed by atoms with Crippen molar-refractivity contribution in [1.82, 2.24) is 20.5 Å². The third-order valence-electron chi connectivity index (χ3n) is 11.8. The van der Waals surface area contributed by atoms with Crippen LogP contribution in [0.5, 0.6) is 5.75 Å². The predicted molar refractivity (Wildman–Crippen MR) is 245 cm³/mol. The Morgan fingerprint density at radius 2 is 1.59 bits per heavy atom. The fraction of sp³-hybridized carbons (Fsp3) is 0.235. The van der Waals surface area contributed by atoms with Gasteiger partial charge in [-0.1, -0.05) is 91.0 Å². The number of carbonyl (C=O) groups excluding carboxylic acids is 2. The lowest BCUT2D eigenvalue weighted by molar-refractivity contribution is -0.164. The van der Waals surface area contributed by atoms with Crippen molar-refractivity contribution in [3.63, 3.8) is 0 Å². The number of nitrogens with zero attached hydrogens (tertiary/aromatic N) is 1. The number of nitrogens with one attached hydrogen (secondary N) is 3. The van der Waals surface area contributed by atoms with E-state index in [4.69, 9.17) is 4.74 Å². The summed E-state index contributed by atoms with van der Waals surface area (Å²) in [5.74, 6) is -1.92. The van der Waals surface area contributed by atoms with E-state index in [9.17, 15) is 29.7 Å². The average molecular weight is 881 g/mol. The van der Waals surface area contributed by atoms with Gasteiger partial charge in [0.05, 0.1) is 30.3 Å². The minimum atomic E-state index is -2.05. The van der Waals surface area contributed by atoms with E-state index in [-0.39, 0.29) is 54.5 Å². The normalized spacial score (nSPS) is 14.8. The number of phenolic OH excluding ortho intramolecular Hbond substituents is 1. The van der Waals surface area contributed by atoms with Gasteiger partial charge in [-0.2, -0.15) is 0 Å². The minimum absolute atomic E-state index is 0.104. The topological polar surface area (TPSA) is 164 Å². The number of aromatic hydroxyl groups is 1. The Morgan fingerprint density at radius 3 is 2.36 bits per heavy atom. The van der Waals surface area contributed by atoms with Gasteiger partial charge in [-0.25, -0.2) is 9.18 Å². The molecule has 0 unspecified atom stereocenters. The number of pyridine rings is 1. The molecular weight excluding hydrogens is 832 g/mol. The number of fused-ring (bicyclic) bond motifs is 1. The maximum atomic E-state index is 15.2. The van der Waals surface area contributed by atoms with Crippen LogP contribution >= 0.6 is 11.3 Å². The lowest BCUT2D eigenvalue weighted by Crippen LogP contribution is -2.40. The highest BCUT2D eigenvalue weighted by Gasteiger charge is 2.42. The molecule has 1 amide bonds. The Kier molecular flexibility index (Phi) is 13.7. The molecule has 2 atom stereocenters. The van der Waals surface area contributed by atoms with Crippen LogP contribution in [0, 0.1) is 11.7 Å². The van der Waals surface area contributed by atoms with Crippen LogP contribution in [-0.4, -0.2) is 63.3 Å². The van der Waals surface area contributed by atoms with Crippen LogP contribution in [0.3, 0.4) is 0 Å². The Bertz CT molecular complexity index is 2790. The number of thiophene rings is 1. The molecule has 64 heavy (non-hydrogen) atoms. The highest BCUT2D eigenvalue weighted by molar-refractivity contribution is 7.15. The van der Waals surface area contributed by atoms with Crippen molar-refractivity contribution >= 4 is 34.1 Å². The number of amides is 1. The second kappa shape index (κ2) is 19.9. The number of halogens is 1. The smallest absolute Gasteiger partial charge is 0.347 e. The third-order valence-corrected chi connectivity index (χ3v) is 12.9. The number of carbonyl (C=O) groups is 2. The molecule has 0 saturated carbocycles. The van der Waals surface area contributed by atoms with Crippen molar-refractivity contribution in [2.24, 2.45) is 5.92 Å². The number of benzene rings is 5. The van der Waals surface area contributed by atoms with Crippen LogP contribution in [0.1, 0.15) is 62.0 Å². The van der Waals surface area contributed by atoms with Crippen LogP contribution in [0.2, 0.25) is 0 Å². The molecule has 7 aromatic rings. The summed E-state index contributed by atoms with van der Waals surface area (Å²) in [4.78, 5) is 45.5. The van der Waals surface area contributed by atoms with Crippen LogP contribution < -0.4 is 16.2 Å². The number of esters is 1. The van der Waals surface area contributed by atoms with Crippen LogP contribution in [0.15, 0.2) is 144 Å². The molecule has 0 radical (unpaired) electrons. The fourth-order valence-corrected chi connectivity index (χ4v) is 9.13. The summed E-state index contributed by atoms with van der Waals surface area (Å²) in [5.41, 5.74) is 1.57. The molecular formula is C51H49FN4O7S. The largest absolute Gasteiger partial charge is 0.506 e. The molecule has 328 valence electrons. The predicted octanol–water partition coefficient (Wildman–Crippen LogP) is 7.55. The molecule has 1 fully saturated rings. The number of aliphatic hydroxyl groups excluding tert-OH is 1. The van der Waals surface area contributed by atoms with Crippen LogP contribution in [0.4, 0.5) is 4.39 Å². The Balaban J connectivity index is 0.862. The van der Waals surface area contributed by atoms with Gasteiger partial charge in [-0.3, -0.25) is 14.5 Å². The SMILES string of the molecule is O=C(NCc1ccc(-c2cccc([C@](O)(C(=O)OCC3CCN(Cc4ccccc4)CC3)c3ccccc3)c2)s1)c1ccc(CNC[C@H](O)c2ccc(O)c3[nH]c(=O)ccc23)cc1F. The number of aromatic amines is 1. The molecule has 1 saturated heterocycles. The van der Waals surface area contributed by atoms with Crippen LogP contribution in [-0.2, 0) is 34.8 Å². The van der Waals surface area contributed by atoms with Gasteiger partial charge in [0, 0.05) is 46.4 Å². The third kappa shape index (κ3) is 10.1. The number of rotatable bonds is 16. The summed E-state index contributed by atoms with van der Waals surface area (Å²) in [5, 5.41) is 39.7. The summed E-state index contributed by atoms with van der Waals surface area (Å²) in [6.45, 7) is 3.37. The van der Waals surface area contributed by atoms with Crippen molar-refractivity contribution in [3.05, 3.63) is 194 Å². The summed E-state index contributed by atoms with van der Waals surface area (Å²) >= 11 is 1.43. The van der Waals surface area contributed by atoms with Crippen LogP contribution in [0.25, 0.3) is 21.3 Å².